The number of hydrogen-bond acceptors (Lipinski definition) is 1. The van der Waals surface area contributed by atoms with Crippen molar-refractivity contribution in [1.82, 2.24) is 4.90 Å². The molecule has 1 amide bonds. The highest BCUT2D eigenvalue weighted by Crippen LogP contribution is 2.38. The topological polar surface area (TPSA) is 40.5 Å². The molecule has 1 saturated heterocycles. The van der Waals surface area contributed by atoms with Crippen LogP contribution in [-0.2, 0) is 0 Å². The minimum absolute atomic E-state index is 0.0379. The maximum atomic E-state index is 11.5. The predicted octanol–water partition coefficient (Wildman–Crippen LogP) is 3.75. The number of benzene rings is 1. The van der Waals surface area contributed by atoms with Gasteiger partial charge in [-0.05, 0) is 32.3 Å². The second-order valence-electron chi connectivity index (χ2n) is 5.06. The fourth-order valence-corrected chi connectivity index (χ4v) is 2.77. The highest BCUT2D eigenvalue weighted by Gasteiger charge is 2.37. The minimum atomic E-state index is -0.855. The van der Waals surface area contributed by atoms with E-state index < -0.39 is 6.09 Å². The van der Waals surface area contributed by atoms with Crippen LogP contribution in [-0.4, -0.2) is 22.1 Å². The van der Waals surface area contributed by atoms with Gasteiger partial charge in [0.1, 0.15) is 0 Å². The van der Waals surface area contributed by atoms with E-state index >= 15 is 0 Å². The van der Waals surface area contributed by atoms with E-state index in [2.05, 4.69) is 12.6 Å². The molecule has 1 aromatic rings. The molecule has 1 aliphatic heterocycles. The third kappa shape index (κ3) is 2.26. The Labute approximate surface area is 108 Å². The summed E-state index contributed by atoms with van der Waals surface area (Å²) in [5, 5.41) is 9.42. The lowest BCUT2D eigenvalue weighted by Crippen LogP contribution is -2.36. The van der Waals surface area contributed by atoms with Crippen LogP contribution in [0.4, 0.5) is 4.79 Å². The van der Waals surface area contributed by atoms with Crippen LogP contribution in [0, 0.1) is 6.92 Å². The molecule has 2 rings (SSSR count). The Hall–Kier alpha value is -1.77. The number of aryl methyl sites for hydroxylation is 1. The molecule has 0 aliphatic carbocycles. The zero-order chi connectivity index (χ0) is 13.3. The van der Waals surface area contributed by atoms with E-state index in [1.54, 1.807) is 4.90 Å². The molecule has 3 heteroatoms. The first kappa shape index (κ1) is 12.7. The maximum Gasteiger partial charge on any atom is 0.408 e. The van der Waals surface area contributed by atoms with E-state index in [0.717, 1.165) is 29.5 Å². The highest BCUT2D eigenvalue weighted by atomic mass is 16.4. The Kier molecular flexibility index (Phi) is 3.41. The van der Waals surface area contributed by atoms with Gasteiger partial charge in [0, 0.05) is 0 Å². The number of nitrogens with zero attached hydrogens (tertiary/aromatic N) is 1. The first-order valence-corrected chi connectivity index (χ1v) is 6.24. The Morgan fingerprint density at radius 1 is 1.44 bits per heavy atom. The Balaban J connectivity index is 2.33. The first-order chi connectivity index (χ1) is 8.50. The average Bonchev–Trinajstić information content (AvgIpc) is 2.73. The molecule has 0 saturated carbocycles. The summed E-state index contributed by atoms with van der Waals surface area (Å²) in [6.07, 6.45) is 0.875. The quantitative estimate of drug-likeness (QED) is 0.806. The number of amides is 1. The summed E-state index contributed by atoms with van der Waals surface area (Å²) < 4.78 is 0. The van der Waals surface area contributed by atoms with Crippen molar-refractivity contribution in [2.24, 2.45) is 0 Å². The summed E-state index contributed by atoms with van der Waals surface area (Å²) in [4.78, 5) is 13.0. The van der Waals surface area contributed by atoms with Crippen molar-refractivity contribution >= 4 is 6.09 Å². The van der Waals surface area contributed by atoms with Crippen molar-refractivity contribution in [2.75, 3.05) is 0 Å². The zero-order valence-corrected chi connectivity index (χ0v) is 10.9. The number of likely N-dealkylation sites (tertiary alicyclic amines) is 1. The van der Waals surface area contributed by atoms with Crippen molar-refractivity contribution in [3.63, 3.8) is 0 Å². The van der Waals surface area contributed by atoms with Crippen LogP contribution >= 0.6 is 0 Å². The largest absolute Gasteiger partial charge is 0.465 e. The van der Waals surface area contributed by atoms with Gasteiger partial charge in [-0.1, -0.05) is 42.0 Å². The van der Waals surface area contributed by atoms with Crippen molar-refractivity contribution in [3.8, 4) is 0 Å². The smallest absolute Gasteiger partial charge is 0.408 e. The van der Waals surface area contributed by atoms with Gasteiger partial charge in [-0.3, -0.25) is 4.90 Å². The van der Waals surface area contributed by atoms with E-state index in [4.69, 9.17) is 0 Å². The standard InChI is InChI=1S/C15H19NO2/c1-10(2)13-7-8-14(16(13)15(17)18)12-6-4-5-11(3)9-12/h4-6,9,13-14H,1,7-8H2,2-3H3,(H,17,18)/t13-,14+/m1/s1. The van der Waals surface area contributed by atoms with Gasteiger partial charge in [0.2, 0.25) is 0 Å². The van der Waals surface area contributed by atoms with E-state index in [-0.39, 0.29) is 12.1 Å². The minimum Gasteiger partial charge on any atom is -0.465 e. The van der Waals surface area contributed by atoms with Gasteiger partial charge in [-0.25, -0.2) is 4.79 Å². The summed E-state index contributed by atoms with van der Waals surface area (Å²) in [5.41, 5.74) is 3.17. The molecule has 3 nitrogen and oxygen atoms in total. The van der Waals surface area contributed by atoms with Crippen LogP contribution in [0.25, 0.3) is 0 Å². The van der Waals surface area contributed by atoms with Crippen LogP contribution in [0.1, 0.15) is 36.9 Å². The molecule has 1 heterocycles. The number of carboxylic acid groups (broad SMARTS) is 1. The van der Waals surface area contributed by atoms with E-state index in [1.165, 1.54) is 0 Å². The molecule has 1 aliphatic rings. The summed E-state index contributed by atoms with van der Waals surface area (Å²) in [7, 11) is 0. The first-order valence-electron chi connectivity index (χ1n) is 6.24. The van der Waals surface area contributed by atoms with Crippen LogP contribution in [0.3, 0.4) is 0 Å². The molecule has 0 aromatic heterocycles. The summed E-state index contributed by atoms with van der Waals surface area (Å²) >= 11 is 0. The molecule has 1 N–H and O–H groups in total. The van der Waals surface area contributed by atoms with Crippen molar-refractivity contribution in [3.05, 3.63) is 47.5 Å². The predicted molar refractivity (Wildman–Crippen MR) is 71.6 cm³/mol. The highest BCUT2D eigenvalue weighted by molar-refractivity contribution is 5.67. The van der Waals surface area contributed by atoms with Gasteiger partial charge in [-0.15, -0.1) is 0 Å². The van der Waals surface area contributed by atoms with Gasteiger partial charge in [0.05, 0.1) is 12.1 Å². The normalized spacial score (nSPS) is 23.1. The Morgan fingerprint density at radius 3 is 2.72 bits per heavy atom. The number of carbonyl (C=O) groups is 1. The molecule has 0 radical (unpaired) electrons. The average molecular weight is 245 g/mol. The van der Waals surface area contributed by atoms with Crippen molar-refractivity contribution < 1.29 is 9.90 Å². The van der Waals surface area contributed by atoms with E-state index in [0.29, 0.717) is 0 Å². The molecular formula is C15H19NO2. The van der Waals surface area contributed by atoms with E-state index in [9.17, 15) is 9.90 Å². The fraction of sp³-hybridized carbons (Fsp3) is 0.400. The molecule has 0 unspecified atom stereocenters. The lowest BCUT2D eigenvalue weighted by atomic mass is 10.0. The van der Waals surface area contributed by atoms with Gasteiger partial charge in [-0.2, -0.15) is 0 Å². The monoisotopic (exact) mass is 245 g/mol. The molecule has 2 atom stereocenters. The van der Waals surface area contributed by atoms with Crippen LogP contribution in [0.5, 0.6) is 0 Å². The summed E-state index contributed by atoms with van der Waals surface area (Å²) in [6, 6.07) is 8.01. The van der Waals surface area contributed by atoms with Gasteiger partial charge in [0.25, 0.3) is 0 Å². The number of hydrogen-bond donors (Lipinski definition) is 1. The summed E-state index contributed by atoms with van der Waals surface area (Å²) in [5.74, 6) is 0. The van der Waals surface area contributed by atoms with Crippen LogP contribution in [0.15, 0.2) is 36.4 Å². The zero-order valence-electron chi connectivity index (χ0n) is 10.9. The molecule has 1 aromatic carbocycles. The van der Waals surface area contributed by atoms with Crippen LogP contribution in [0.2, 0.25) is 0 Å². The van der Waals surface area contributed by atoms with Crippen LogP contribution < -0.4 is 0 Å². The van der Waals surface area contributed by atoms with Gasteiger partial charge in [0.15, 0.2) is 0 Å². The van der Waals surface area contributed by atoms with Gasteiger partial charge < -0.3 is 5.11 Å². The fourth-order valence-electron chi connectivity index (χ4n) is 2.77. The third-order valence-corrected chi connectivity index (χ3v) is 3.60. The molecule has 96 valence electrons. The van der Waals surface area contributed by atoms with Crippen molar-refractivity contribution in [1.29, 1.82) is 0 Å². The Morgan fingerprint density at radius 2 is 2.17 bits per heavy atom. The molecule has 1 fully saturated rings. The maximum absolute atomic E-state index is 11.5. The molecule has 18 heavy (non-hydrogen) atoms. The van der Waals surface area contributed by atoms with Crippen molar-refractivity contribution in [2.45, 2.75) is 38.8 Å². The van der Waals surface area contributed by atoms with E-state index in [1.807, 2.05) is 32.0 Å². The third-order valence-electron chi connectivity index (χ3n) is 3.60. The SMILES string of the molecule is C=C(C)[C@H]1CC[C@@H](c2cccc(C)c2)N1C(=O)O. The Bertz CT molecular complexity index is 481. The molecule has 0 spiro atoms. The molecular weight excluding hydrogens is 226 g/mol. The summed E-state index contributed by atoms with van der Waals surface area (Å²) in [6.45, 7) is 7.84. The second-order valence-corrected chi connectivity index (χ2v) is 5.06. The van der Waals surface area contributed by atoms with Gasteiger partial charge >= 0.3 is 6.09 Å². The lowest BCUT2D eigenvalue weighted by molar-refractivity contribution is 0.128. The lowest BCUT2D eigenvalue weighted by Gasteiger charge is -2.28. The number of rotatable bonds is 2. The molecule has 0 bridgehead atoms. The second kappa shape index (κ2) is 4.84.